The van der Waals surface area contributed by atoms with Gasteiger partial charge in [0.05, 0.1) is 11.2 Å². The van der Waals surface area contributed by atoms with Gasteiger partial charge in [0, 0.05) is 56.8 Å². The fraction of sp³-hybridized carbons (Fsp3) is 0.327. The molecule has 0 aliphatic carbocycles. The molecule has 6 aromatic rings. The predicted octanol–water partition coefficient (Wildman–Crippen LogP) is 13.4. The first-order valence-electron chi connectivity index (χ1n) is 20.9. The van der Waals surface area contributed by atoms with E-state index < -0.39 is 18.8 Å². The summed E-state index contributed by atoms with van der Waals surface area (Å²) in [6.45, 7) is 17.6. The molecule has 0 amide bonds. The average molecular weight is 937 g/mol. The van der Waals surface area contributed by atoms with Crippen molar-refractivity contribution < 1.29 is 44.3 Å². The molecule has 4 nitrogen and oxygen atoms in total. The van der Waals surface area contributed by atoms with Gasteiger partial charge >= 0.3 is 0 Å². The molecular weight excluding hydrogens is 879 g/mol. The number of allylic oxidation sites excluding steroid dienone is 2. The zero-order valence-corrected chi connectivity index (χ0v) is 36.1. The zero-order chi connectivity index (χ0) is 43.7. The molecule has 1 atom stereocenters. The second-order valence-electron chi connectivity index (χ2n) is 14.2. The van der Waals surface area contributed by atoms with Gasteiger partial charge in [-0.05, 0) is 78.1 Å². The quantitative estimate of drug-likeness (QED) is 0.0844. The van der Waals surface area contributed by atoms with Crippen molar-refractivity contribution in [2.24, 2.45) is 11.8 Å². The number of rotatable bonds is 10. The van der Waals surface area contributed by atoms with Gasteiger partial charge in [-0.25, -0.2) is 8.78 Å². The van der Waals surface area contributed by atoms with Crippen LogP contribution in [0.2, 0.25) is 0 Å². The standard InChI is InChI=1S/2C18H16N.C13H22F2O2.Ir/c2*1-12-4-5-17-15(9-12)6-7-19-18(17)16-10-13(2)8-14(3)11-16;1-4-9(5-2)11(16)8-12(17)10(6-3)7-13(14)15;/h2*4-10H,1-3H3;8-10,13,17H,4-7H2,1-3H3;/q2*-1;;/b;;12-8-;/i2*6D,7D;;. The Hall–Kier alpha value is -4.58. The zero-order valence-electron chi connectivity index (χ0n) is 37.8. The molecule has 1 radical (unpaired) electrons. The van der Waals surface area contributed by atoms with Crippen LogP contribution < -0.4 is 0 Å². The van der Waals surface area contributed by atoms with Crippen molar-refractivity contribution in [3.63, 3.8) is 0 Å². The smallest absolute Gasteiger partial charge is 0.239 e. The maximum absolute atomic E-state index is 12.2. The second-order valence-corrected chi connectivity index (χ2v) is 14.2. The molecule has 4 aromatic carbocycles. The molecule has 1 N–H and O–H groups in total. The molecule has 7 heteroatoms. The van der Waals surface area contributed by atoms with E-state index in [1.807, 2.05) is 104 Å². The van der Waals surface area contributed by atoms with E-state index in [-0.39, 0.29) is 62.0 Å². The molecule has 6 rings (SSSR count). The number of hydrogen-bond donors (Lipinski definition) is 1. The van der Waals surface area contributed by atoms with Gasteiger partial charge in [0.1, 0.15) is 0 Å². The van der Waals surface area contributed by atoms with Crippen LogP contribution in [0, 0.1) is 65.5 Å². The summed E-state index contributed by atoms with van der Waals surface area (Å²) in [6.07, 6.45) is 0.104. The third kappa shape index (κ3) is 12.7. The van der Waals surface area contributed by atoms with Gasteiger partial charge in [0.2, 0.25) is 6.43 Å². The SMILES string of the molecule is CCC(CC)C(=O)/C=C(\O)C(CC)CC(F)F.[2H]c1nc(-c2[c-]c(C)cc(C)c2)c2ccc(C)cc2c1[2H].[2H]c1nc(-c2[c-]c(C)cc(C)c2)c2ccc(C)cc2c1[2H].[Ir]. The van der Waals surface area contributed by atoms with E-state index in [0.717, 1.165) is 83.5 Å². The minimum absolute atomic E-state index is 0. The van der Waals surface area contributed by atoms with Crippen molar-refractivity contribution in [2.45, 2.75) is 94.4 Å². The number of aryl methyl sites for hydroxylation is 6. The van der Waals surface area contributed by atoms with Gasteiger partial charge < -0.3 is 15.1 Å². The Morgan fingerprint density at radius 3 is 1.50 bits per heavy atom. The molecule has 297 valence electrons. The molecule has 0 aliphatic heterocycles. The Morgan fingerprint density at radius 1 is 0.696 bits per heavy atom. The predicted molar refractivity (Wildman–Crippen MR) is 225 cm³/mol. The van der Waals surface area contributed by atoms with E-state index >= 15 is 0 Å². The number of ketones is 1. The third-order valence-electron chi connectivity index (χ3n) is 9.44. The summed E-state index contributed by atoms with van der Waals surface area (Å²) in [4.78, 5) is 20.4. The summed E-state index contributed by atoms with van der Waals surface area (Å²) in [5, 5.41) is 13.0. The Kier molecular flexibility index (Phi) is 15.3. The number of carbonyl (C=O) groups is 1. The van der Waals surface area contributed by atoms with Gasteiger partial charge in [-0.1, -0.05) is 96.0 Å². The first kappa shape index (κ1) is 39.6. The normalized spacial score (nSPS) is 12.8. The minimum Gasteiger partial charge on any atom is -0.512 e. The summed E-state index contributed by atoms with van der Waals surface area (Å²) >= 11 is 0. The monoisotopic (exact) mass is 937 g/mol. The summed E-state index contributed by atoms with van der Waals surface area (Å²) in [5.41, 5.74) is 9.78. The molecule has 0 saturated carbocycles. The molecule has 56 heavy (non-hydrogen) atoms. The van der Waals surface area contributed by atoms with Crippen molar-refractivity contribution in [1.82, 2.24) is 9.97 Å². The number of aliphatic hydroxyl groups is 1. The number of pyridine rings is 2. The summed E-state index contributed by atoms with van der Waals surface area (Å²) < 4.78 is 56.5. The van der Waals surface area contributed by atoms with Crippen LogP contribution in [-0.2, 0) is 24.9 Å². The van der Waals surface area contributed by atoms with E-state index in [1.165, 1.54) is 0 Å². The summed E-state index contributed by atoms with van der Waals surface area (Å²) in [6, 6.07) is 27.1. The van der Waals surface area contributed by atoms with Crippen molar-refractivity contribution >= 4 is 27.3 Å². The second kappa shape index (κ2) is 21.6. The van der Waals surface area contributed by atoms with Crippen molar-refractivity contribution in [3.8, 4) is 22.5 Å². The van der Waals surface area contributed by atoms with Gasteiger partial charge in [0.25, 0.3) is 0 Å². The number of carbonyl (C=O) groups excluding carboxylic acids is 1. The molecule has 2 aromatic heterocycles. The number of hydrogen-bond acceptors (Lipinski definition) is 4. The third-order valence-corrected chi connectivity index (χ3v) is 9.44. The van der Waals surface area contributed by atoms with Gasteiger partial charge in [-0.15, -0.1) is 69.8 Å². The van der Waals surface area contributed by atoms with Gasteiger partial charge in [-0.3, -0.25) is 4.79 Å². The van der Waals surface area contributed by atoms with Crippen LogP contribution in [0.4, 0.5) is 8.78 Å². The van der Waals surface area contributed by atoms with Gasteiger partial charge in [0.15, 0.2) is 5.78 Å². The Bertz CT molecular complexity index is 2300. The molecule has 0 bridgehead atoms. The Balaban J connectivity index is 0.000000240. The van der Waals surface area contributed by atoms with Crippen LogP contribution in [0.3, 0.4) is 0 Å². The van der Waals surface area contributed by atoms with E-state index in [9.17, 15) is 18.7 Å². The number of fused-ring (bicyclic) bond motifs is 2. The van der Waals surface area contributed by atoms with Crippen LogP contribution in [0.15, 0.2) is 96.9 Å². The van der Waals surface area contributed by atoms with E-state index in [1.54, 1.807) is 6.92 Å². The number of aliphatic hydroxyl groups excluding tert-OH is 1. The number of aromatic nitrogens is 2. The van der Waals surface area contributed by atoms with E-state index in [0.29, 0.717) is 19.3 Å². The van der Waals surface area contributed by atoms with Crippen LogP contribution >= 0.6 is 0 Å². The van der Waals surface area contributed by atoms with E-state index in [2.05, 4.69) is 34.2 Å². The van der Waals surface area contributed by atoms with Crippen LogP contribution in [0.5, 0.6) is 0 Å². The fourth-order valence-electron chi connectivity index (χ4n) is 6.59. The Morgan fingerprint density at radius 2 is 1.12 bits per heavy atom. The van der Waals surface area contributed by atoms with Gasteiger partial charge in [-0.2, -0.15) is 0 Å². The molecule has 1 unspecified atom stereocenters. The molecule has 0 fully saturated rings. The number of nitrogens with zero attached hydrogens (tertiary/aromatic N) is 2. The molecule has 0 spiro atoms. The van der Waals surface area contributed by atoms with Crippen molar-refractivity contribution in [3.05, 3.63) is 142 Å². The maximum Gasteiger partial charge on any atom is 0.239 e. The van der Waals surface area contributed by atoms with Crippen LogP contribution in [-0.4, -0.2) is 27.3 Å². The first-order chi connectivity index (χ1) is 27.9. The summed E-state index contributed by atoms with van der Waals surface area (Å²) in [5.74, 6) is -1.11. The number of halogens is 2. The van der Waals surface area contributed by atoms with Crippen LogP contribution in [0.25, 0.3) is 44.1 Å². The molecule has 2 heterocycles. The van der Waals surface area contributed by atoms with Crippen molar-refractivity contribution in [1.29, 1.82) is 0 Å². The largest absolute Gasteiger partial charge is 0.512 e. The molecule has 0 aliphatic rings. The Labute approximate surface area is 351 Å². The topological polar surface area (TPSA) is 63.1 Å². The van der Waals surface area contributed by atoms with Crippen LogP contribution in [0.1, 0.15) is 85.3 Å². The molecule has 0 saturated heterocycles. The first-order valence-corrected chi connectivity index (χ1v) is 18.9. The maximum atomic E-state index is 12.2. The number of benzene rings is 4. The minimum atomic E-state index is -2.46. The average Bonchev–Trinajstić information content (AvgIpc) is 3.17. The summed E-state index contributed by atoms with van der Waals surface area (Å²) in [7, 11) is 0. The van der Waals surface area contributed by atoms with Crippen molar-refractivity contribution in [2.75, 3.05) is 0 Å². The van der Waals surface area contributed by atoms with E-state index in [4.69, 9.17) is 5.48 Å². The fourth-order valence-corrected chi connectivity index (χ4v) is 6.59. The number of alkyl halides is 2. The molecular formula is C49H54F2IrN2O2-2.